The second kappa shape index (κ2) is 5.81. The smallest absolute Gasteiger partial charge is 0.161 e. The van der Waals surface area contributed by atoms with Crippen molar-refractivity contribution >= 4 is 27.0 Å². The van der Waals surface area contributed by atoms with Crippen molar-refractivity contribution < 1.29 is 13.5 Å². The van der Waals surface area contributed by atoms with E-state index in [0.717, 1.165) is 22.4 Å². The van der Waals surface area contributed by atoms with Crippen molar-refractivity contribution in [1.82, 2.24) is 9.55 Å². The van der Waals surface area contributed by atoms with Gasteiger partial charge in [-0.3, -0.25) is 0 Å². The largest absolute Gasteiger partial charge is 0.492 e. The number of hydrogen-bond acceptors (Lipinski definition) is 2. The molecule has 3 aromatic rings. The van der Waals surface area contributed by atoms with E-state index >= 15 is 0 Å². The molecule has 2 aromatic carbocycles. The number of halogens is 3. The van der Waals surface area contributed by atoms with E-state index in [0.29, 0.717) is 24.2 Å². The number of imidazole rings is 1. The fraction of sp³-hybridized carbons (Fsp3) is 0.133. The van der Waals surface area contributed by atoms with Crippen LogP contribution in [0.15, 0.2) is 47.2 Å². The maximum absolute atomic E-state index is 13.3. The molecule has 0 bridgehead atoms. The monoisotopic (exact) mass is 352 g/mol. The zero-order chi connectivity index (χ0) is 14.8. The van der Waals surface area contributed by atoms with Crippen molar-refractivity contribution in [2.45, 2.75) is 6.54 Å². The molecule has 0 radical (unpaired) electrons. The number of rotatable bonds is 4. The van der Waals surface area contributed by atoms with Crippen LogP contribution in [0.1, 0.15) is 0 Å². The molecule has 108 valence electrons. The highest BCUT2D eigenvalue weighted by atomic mass is 79.9. The number of benzene rings is 2. The summed E-state index contributed by atoms with van der Waals surface area (Å²) in [5, 5.41) is 0. The number of aromatic nitrogens is 2. The molecule has 0 spiro atoms. The normalized spacial score (nSPS) is 11.0. The molecule has 0 atom stereocenters. The molecule has 21 heavy (non-hydrogen) atoms. The van der Waals surface area contributed by atoms with Crippen molar-refractivity contribution in [3.8, 4) is 5.75 Å². The van der Waals surface area contributed by atoms with Crippen LogP contribution < -0.4 is 4.74 Å². The van der Waals surface area contributed by atoms with Crippen LogP contribution in [-0.4, -0.2) is 16.2 Å². The van der Waals surface area contributed by atoms with E-state index in [1.807, 2.05) is 24.3 Å². The summed E-state index contributed by atoms with van der Waals surface area (Å²) < 4.78 is 34.7. The predicted molar refractivity (Wildman–Crippen MR) is 79.3 cm³/mol. The van der Waals surface area contributed by atoms with E-state index < -0.39 is 11.6 Å². The first-order valence-electron chi connectivity index (χ1n) is 6.32. The minimum atomic E-state index is -0.890. The Kier molecular flexibility index (Phi) is 3.88. The van der Waals surface area contributed by atoms with Gasteiger partial charge in [-0.2, -0.15) is 0 Å². The van der Waals surface area contributed by atoms with Crippen molar-refractivity contribution in [1.29, 1.82) is 0 Å². The van der Waals surface area contributed by atoms with Crippen LogP contribution in [0.25, 0.3) is 11.0 Å². The molecule has 0 aliphatic heterocycles. The summed E-state index contributed by atoms with van der Waals surface area (Å²) in [7, 11) is 0. The van der Waals surface area contributed by atoms with Gasteiger partial charge in [0, 0.05) is 16.6 Å². The molecule has 0 fully saturated rings. The van der Waals surface area contributed by atoms with Gasteiger partial charge in [-0.1, -0.05) is 15.9 Å². The number of nitrogens with zero attached hydrogens (tertiary/aromatic N) is 2. The van der Waals surface area contributed by atoms with Crippen LogP contribution in [0.4, 0.5) is 8.78 Å². The quantitative estimate of drug-likeness (QED) is 0.705. The van der Waals surface area contributed by atoms with E-state index in [9.17, 15) is 8.78 Å². The Morgan fingerprint density at radius 3 is 2.57 bits per heavy atom. The molecule has 1 heterocycles. The fourth-order valence-electron chi connectivity index (χ4n) is 2.02. The lowest BCUT2D eigenvalue weighted by Gasteiger charge is -2.08. The average molecular weight is 353 g/mol. The van der Waals surface area contributed by atoms with Crippen LogP contribution in [0.3, 0.4) is 0 Å². The third-order valence-electron chi connectivity index (χ3n) is 3.08. The molecule has 1 aromatic heterocycles. The van der Waals surface area contributed by atoms with Gasteiger partial charge < -0.3 is 9.30 Å². The molecule has 0 aliphatic carbocycles. The van der Waals surface area contributed by atoms with Gasteiger partial charge in [0.15, 0.2) is 11.6 Å². The third-order valence-corrected chi connectivity index (χ3v) is 3.61. The second-order valence-corrected chi connectivity index (χ2v) is 5.41. The highest BCUT2D eigenvalue weighted by Gasteiger charge is 2.09. The predicted octanol–water partition coefficient (Wildman–Crippen LogP) is 4.16. The van der Waals surface area contributed by atoms with Gasteiger partial charge in [0.05, 0.1) is 23.9 Å². The standard InChI is InChI=1S/C15H11BrF2N2O/c16-10-1-3-11(4-2-10)21-6-5-20-9-19-14-7-12(17)13(18)8-15(14)20/h1-4,7-9H,5-6H2. The van der Waals surface area contributed by atoms with Gasteiger partial charge in [0.1, 0.15) is 12.4 Å². The summed E-state index contributed by atoms with van der Waals surface area (Å²) in [5.74, 6) is -1.02. The fourth-order valence-corrected chi connectivity index (χ4v) is 2.29. The van der Waals surface area contributed by atoms with Gasteiger partial charge >= 0.3 is 0 Å². The number of fused-ring (bicyclic) bond motifs is 1. The topological polar surface area (TPSA) is 27.1 Å². The van der Waals surface area contributed by atoms with Crippen molar-refractivity contribution in [2.75, 3.05) is 6.61 Å². The molecule has 3 nitrogen and oxygen atoms in total. The summed E-state index contributed by atoms with van der Waals surface area (Å²) >= 11 is 3.35. The van der Waals surface area contributed by atoms with Crippen LogP contribution in [0.5, 0.6) is 5.75 Å². The molecule has 0 N–H and O–H groups in total. The highest BCUT2D eigenvalue weighted by molar-refractivity contribution is 9.10. The molecule has 0 amide bonds. The Balaban J connectivity index is 1.70. The molecule has 0 aliphatic rings. The van der Waals surface area contributed by atoms with E-state index in [4.69, 9.17) is 4.74 Å². The zero-order valence-electron chi connectivity index (χ0n) is 10.9. The molecular formula is C15H11BrF2N2O. The van der Waals surface area contributed by atoms with Crippen LogP contribution in [0, 0.1) is 11.6 Å². The number of ether oxygens (including phenoxy) is 1. The van der Waals surface area contributed by atoms with E-state index in [2.05, 4.69) is 20.9 Å². The Morgan fingerprint density at radius 2 is 1.81 bits per heavy atom. The first kappa shape index (κ1) is 14.0. The minimum Gasteiger partial charge on any atom is -0.492 e. The first-order valence-corrected chi connectivity index (χ1v) is 7.11. The Morgan fingerprint density at radius 1 is 1.10 bits per heavy atom. The molecule has 0 saturated carbocycles. The van der Waals surface area contributed by atoms with Gasteiger partial charge in [0.2, 0.25) is 0 Å². The molecule has 0 saturated heterocycles. The minimum absolute atomic E-state index is 0.409. The van der Waals surface area contributed by atoms with E-state index in [1.165, 1.54) is 0 Å². The summed E-state index contributed by atoms with van der Waals surface area (Å²) in [6.07, 6.45) is 1.55. The lowest BCUT2D eigenvalue weighted by atomic mass is 10.3. The summed E-state index contributed by atoms with van der Waals surface area (Å²) in [6, 6.07) is 9.73. The van der Waals surface area contributed by atoms with Crippen molar-refractivity contribution in [3.63, 3.8) is 0 Å². The van der Waals surface area contributed by atoms with Gasteiger partial charge in [-0.15, -0.1) is 0 Å². The third kappa shape index (κ3) is 3.05. The Bertz CT molecular complexity index is 771. The summed E-state index contributed by atoms with van der Waals surface area (Å²) in [4.78, 5) is 4.05. The Hall–Kier alpha value is -1.95. The zero-order valence-corrected chi connectivity index (χ0v) is 12.5. The van der Waals surface area contributed by atoms with Crippen molar-refractivity contribution in [3.05, 3.63) is 58.8 Å². The van der Waals surface area contributed by atoms with Gasteiger partial charge in [-0.05, 0) is 24.3 Å². The highest BCUT2D eigenvalue weighted by Crippen LogP contribution is 2.18. The first-order chi connectivity index (χ1) is 10.1. The van der Waals surface area contributed by atoms with Crippen LogP contribution in [-0.2, 0) is 6.54 Å². The van der Waals surface area contributed by atoms with Crippen LogP contribution >= 0.6 is 15.9 Å². The van der Waals surface area contributed by atoms with Gasteiger partial charge in [-0.25, -0.2) is 13.8 Å². The SMILES string of the molecule is Fc1cc2ncn(CCOc3ccc(Br)cc3)c2cc1F. The molecular weight excluding hydrogens is 342 g/mol. The molecule has 6 heteroatoms. The van der Waals surface area contributed by atoms with E-state index in [1.54, 1.807) is 10.9 Å². The van der Waals surface area contributed by atoms with E-state index in [-0.39, 0.29) is 0 Å². The lowest BCUT2D eigenvalue weighted by molar-refractivity contribution is 0.300. The van der Waals surface area contributed by atoms with Gasteiger partial charge in [0.25, 0.3) is 0 Å². The Labute approximate surface area is 128 Å². The summed E-state index contributed by atoms with van der Waals surface area (Å²) in [6.45, 7) is 0.906. The number of hydrogen-bond donors (Lipinski definition) is 0. The second-order valence-electron chi connectivity index (χ2n) is 4.50. The molecule has 0 unspecified atom stereocenters. The summed E-state index contributed by atoms with van der Waals surface area (Å²) in [5.41, 5.74) is 0.978. The lowest BCUT2D eigenvalue weighted by Crippen LogP contribution is -2.07. The maximum Gasteiger partial charge on any atom is 0.161 e. The average Bonchev–Trinajstić information content (AvgIpc) is 2.84. The maximum atomic E-state index is 13.3. The molecule has 3 rings (SSSR count). The van der Waals surface area contributed by atoms with Crippen LogP contribution in [0.2, 0.25) is 0 Å². The van der Waals surface area contributed by atoms with Crippen molar-refractivity contribution in [2.24, 2.45) is 0 Å².